The van der Waals surface area contributed by atoms with Crippen molar-refractivity contribution in [3.8, 4) is 5.75 Å². The maximum absolute atomic E-state index is 12.7. The van der Waals surface area contributed by atoms with Crippen molar-refractivity contribution in [2.24, 2.45) is 0 Å². The summed E-state index contributed by atoms with van der Waals surface area (Å²) in [5, 5.41) is 3.76. The van der Waals surface area contributed by atoms with E-state index in [1.807, 2.05) is 49.4 Å². The Bertz CT molecular complexity index is 1020. The number of nitrogens with zero attached hydrogens (tertiary/aromatic N) is 1. The van der Waals surface area contributed by atoms with Crippen molar-refractivity contribution < 1.29 is 14.3 Å². The molecule has 1 aliphatic heterocycles. The van der Waals surface area contributed by atoms with E-state index in [2.05, 4.69) is 10.3 Å². The summed E-state index contributed by atoms with van der Waals surface area (Å²) in [4.78, 5) is 30.2. The highest BCUT2D eigenvalue weighted by atomic mass is 16.5. The second-order valence-electron chi connectivity index (χ2n) is 7.20. The predicted molar refractivity (Wildman–Crippen MR) is 107 cm³/mol. The molecule has 0 aliphatic carbocycles. The van der Waals surface area contributed by atoms with E-state index in [1.165, 1.54) is 5.56 Å². The maximum atomic E-state index is 12.7. The number of fused-ring (bicyclic) bond motifs is 1. The van der Waals surface area contributed by atoms with Crippen LogP contribution in [0.15, 0.2) is 48.5 Å². The molecule has 0 radical (unpaired) electrons. The Hall–Kier alpha value is -3.28. The Balaban J connectivity index is 1.42. The number of methoxy groups -OCH3 is 1. The number of aromatic amines is 1. The normalized spacial score (nSPS) is 16.6. The number of likely N-dealkylation sites (tertiary alicyclic amines) is 1. The van der Waals surface area contributed by atoms with Gasteiger partial charge in [-0.2, -0.15) is 0 Å². The summed E-state index contributed by atoms with van der Waals surface area (Å²) < 4.78 is 5.22. The third kappa shape index (κ3) is 3.58. The van der Waals surface area contributed by atoms with Crippen LogP contribution in [-0.4, -0.2) is 41.4 Å². The molecular formula is C22H23N3O3. The molecule has 0 bridgehead atoms. The lowest BCUT2D eigenvalue weighted by Gasteiger charge is -2.17. The van der Waals surface area contributed by atoms with Gasteiger partial charge in [-0.05, 0) is 43.2 Å². The fourth-order valence-electron chi connectivity index (χ4n) is 3.54. The highest BCUT2D eigenvalue weighted by molar-refractivity contribution is 6.00. The molecule has 1 atom stereocenters. The minimum absolute atomic E-state index is 0.0355. The SMILES string of the molecule is COc1ccc2[nH]c(C(=O)NC3CCN(Cc4ccc(C)cc4)C3=O)cc2c1. The molecule has 1 fully saturated rings. The Morgan fingerprint density at radius 3 is 2.75 bits per heavy atom. The van der Waals surface area contributed by atoms with Crippen molar-refractivity contribution in [3.05, 3.63) is 65.4 Å². The molecule has 0 saturated carbocycles. The van der Waals surface area contributed by atoms with Gasteiger partial charge < -0.3 is 19.9 Å². The lowest BCUT2D eigenvalue weighted by Crippen LogP contribution is -2.41. The van der Waals surface area contributed by atoms with E-state index in [0.717, 1.165) is 22.2 Å². The fourth-order valence-corrected chi connectivity index (χ4v) is 3.54. The quantitative estimate of drug-likeness (QED) is 0.718. The molecule has 6 nitrogen and oxygen atoms in total. The first-order chi connectivity index (χ1) is 13.5. The molecule has 28 heavy (non-hydrogen) atoms. The van der Waals surface area contributed by atoms with E-state index in [-0.39, 0.29) is 11.8 Å². The van der Waals surface area contributed by atoms with Gasteiger partial charge in [0.25, 0.3) is 5.91 Å². The molecule has 1 saturated heterocycles. The zero-order valence-corrected chi connectivity index (χ0v) is 16.0. The highest BCUT2D eigenvalue weighted by Gasteiger charge is 2.33. The van der Waals surface area contributed by atoms with Crippen LogP contribution in [0.5, 0.6) is 5.75 Å². The number of amides is 2. The van der Waals surface area contributed by atoms with Crippen LogP contribution in [-0.2, 0) is 11.3 Å². The van der Waals surface area contributed by atoms with Crippen molar-refractivity contribution in [1.29, 1.82) is 0 Å². The fraction of sp³-hybridized carbons (Fsp3) is 0.273. The van der Waals surface area contributed by atoms with E-state index >= 15 is 0 Å². The van der Waals surface area contributed by atoms with Crippen LogP contribution >= 0.6 is 0 Å². The Morgan fingerprint density at radius 1 is 1.21 bits per heavy atom. The lowest BCUT2D eigenvalue weighted by molar-refractivity contribution is -0.129. The van der Waals surface area contributed by atoms with Gasteiger partial charge in [-0.3, -0.25) is 9.59 Å². The van der Waals surface area contributed by atoms with E-state index in [9.17, 15) is 9.59 Å². The van der Waals surface area contributed by atoms with Crippen molar-refractivity contribution in [2.45, 2.75) is 25.9 Å². The molecule has 2 aromatic carbocycles. The number of benzene rings is 2. The number of rotatable bonds is 5. The van der Waals surface area contributed by atoms with E-state index in [0.29, 0.717) is 25.2 Å². The molecule has 0 spiro atoms. The van der Waals surface area contributed by atoms with Gasteiger partial charge in [0.1, 0.15) is 17.5 Å². The third-order valence-electron chi connectivity index (χ3n) is 5.17. The van der Waals surface area contributed by atoms with Crippen molar-refractivity contribution in [1.82, 2.24) is 15.2 Å². The van der Waals surface area contributed by atoms with Crippen LogP contribution in [0.25, 0.3) is 10.9 Å². The molecule has 2 N–H and O–H groups in total. The van der Waals surface area contributed by atoms with Gasteiger partial charge in [0.2, 0.25) is 5.91 Å². The molecule has 2 amide bonds. The second kappa shape index (κ2) is 7.38. The van der Waals surface area contributed by atoms with Gasteiger partial charge in [0, 0.05) is 24.0 Å². The minimum Gasteiger partial charge on any atom is -0.497 e. The first-order valence-corrected chi connectivity index (χ1v) is 9.35. The van der Waals surface area contributed by atoms with Crippen LogP contribution in [0, 0.1) is 6.92 Å². The number of aryl methyl sites for hydroxylation is 1. The summed E-state index contributed by atoms with van der Waals surface area (Å²) in [7, 11) is 1.61. The average Bonchev–Trinajstić information content (AvgIpc) is 3.27. The number of carbonyl (C=O) groups excluding carboxylic acids is 2. The summed E-state index contributed by atoms with van der Waals surface area (Å²) in [5.74, 6) is 0.425. The zero-order chi connectivity index (χ0) is 19.7. The molecule has 2 heterocycles. The monoisotopic (exact) mass is 377 g/mol. The Morgan fingerprint density at radius 2 is 2.00 bits per heavy atom. The van der Waals surface area contributed by atoms with Crippen molar-refractivity contribution >= 4 is 22.7 Å². The van der Waals surface area contributed by atoms with Gasteiger partial charge in [0.15, 0.2) is 0 Å². The molecule has 6 heteroatoms. The number of aromatic nitrogens is 1. The van der Waals surface area contributed by atoms with Gasteiger partial charge in [-0.25, -0.2) is 0 Å². The summed E-state index contributed by atoms with van der Waals surface area (Å²) in [6.45, 7) is 3.25. The molecule has 1 aliphatic rings. The first-order valence-electron chi connectivity index (χ1n) is 9.35. The number of H-pyrrole nitrogens is 1. The van der Waals surface area contributed by atoms with Crippen LogP contribution in [0.2, 0.25) is 0 Å². The third-order valence-corrected chi connectivity index (χ3v) is 5.17. The first kappa shape index (κ1) is 18.1. The Kier molecular flexibility index (Phi) is 4.77. The van der Waals surface area contributed by atoms with E-state index in [4.69, 9.17) is 4.74 Å². The van der Waals surface area contributed by atoms with Crippen molar-refractivity contribution in [3.63, 3.8) is 0 Å². The highest BCUT2D eigenvalue weighted by Crippen LogP contribution is 2.22. The van der Waals surface area contributed by atoms with Gasteiger partial charge in [0.05, 0.1) is 7.11 Å². The second-order valence-corrected chi connectivity index (χ2v) is 7.20. The lowest BCUT2D eigenvalue weighted by atomic mass is 10.1. The smallest absolute Gasteiger partial charge is 0.268 e. The van der Waals surface area contributed by atoms with Crippen molar-refractivity contribution in [2.75, 3.05) is 13.7 Å². The number of nitrogens with one attached hydrogen (secondary N) is 2. The van der Waals surface area contributed by atoms with E-state index < -0.39 is 6.04 Å². The standard InChI is InChI=1S/C22H23N3O3/c1-14-3-5-15(6-4-14)13-25-10-9-19(22(25)27)24-21(26)20-12-16-11-17(28-2)7-8-18(16)23-20/h3-8,11-12,19,23H,9-10,13H2,1-2H3,(H,24,26). The molecule has 1 unspecified atom stereocenters. The van der Waals surface area contributed by atoms with Crippen LogP contribution in [0.3, 0.4) is 0 Å². The van der Waals surface area contributed by atoms with Crippen LogP contribution in [0.1, 0.15) is 28.0 Å². The molecule has 1 aromatic heterocycles. The number of carbonyl (C=O) groups is 2. The van der Waals surface area contributed by atoms with Crippen LogP contribution in [0.4, 0.5) is 0 Å². The van der Waals surface area contributed by atoms with Gasteiger partial charge in [-0.15, -0.1) is 0 Å². The largest absolute Gasteiger partial charge is 0.497 e. The zero-order valence-electron chi connectivity index (χ0n) is 16.0. The summed E-state index contributed by atoms with van der Waals surface area (Å²) in [6, 6.07) is 15.0. The van der Waals surface area contributed by atoms with Gasteiger partial charge in [-0.1, -0.05) is 29.8 Å². The Labute approximate surface area is 163 Å². The molecular weight excluding hydrogens is 354 g/mol. The molecule has 3 aromatic rings. The molecule has 144 valence electrons. The maximum Gasteiger partial charge on any atom is 0.268 e. The van der Waals surface area contributed by atoms with Gasteiger partial charge >= 0.3 is 0 Å². The number of hydrogen-bond acceptors (Lipinski definition) is 3. The average molecular weight is 377 g/mol. The summed E-state index contributed by atoms with van der Waals surface area (Å²) >= 11 is 0. The molecule has 4 rings (SSSR count). The minimum atomic E-state index is -0.487. The van der Waals surface area contributed by atoms with Crippen LogP contribution < -0.4 is 10.1 Å². The topological polar surface area (TPSA) is 74.4 Å². The summed E-state index contributed by atoms with van der Waals surface area (Å²) in [5.41, 5.74) is 3.57. The summed E-state index contributed by atoms with van der Waals surface area (Å²) in [6.07, 6.45) is 0.616. The van der Waals surface area contributed by atoms with E-state index in [1.54, 1.807) is 18.1 Å². The number of hydrogen-bond donors (Lipinski definition) is 2. The predicted octanol–water partition coefficient (Wildman–Crippen LogP) is 3.02. The number of ether oxygens (including phenoxy) is 1.